The summed E-state index contributed by atoms with van der Waals surface area (Å²) in [7, 11) is -1.45. The van der Waals surface area contributed by atoms with Gasteiger partial charge in [-0.2, -0.15) is 0 Å². The molecule has 0 N–H and O–H groups in total. The lowest BCUT2D eigenvalue weighted by Crippen LogP contribution is -2.63. The first-order valence-corrected chi connectivity index (χ1v) is 20.3. The van der Waals surface area contributed by atoms with E-state index in [1.165, 1.54) is 24.3 Å². The number of hydrogen-bond donors (Lipinski definition) is 0. The molecule has 3 aromatic carbocycles. The summed E-state index contributed by atoms with van der Waals surface area (Å²) in [5, 5.41) is 10.2. The summed E-state index contributed by atoms with van der Waals surface area (Å²) < 4.78 is 11.6. The molecule has 3 atom stereocenters. The van der Waals surface area contributed by atoms with Crippen LogP contribution in [0, 0.1) is 27.4 Å². The normalized spacial score (nSPS) is 16.5. The Labute approximate surface area is 300 Å². The number of likely N-dealkylation sites (tertiary alicyclic amines) is 1. The Morgan fingerprint density at radius 1 is 0.918 bits per heavy atom. The topological polar surface area (TPSA) is 133 Å². The van der Waals surface area contributed by atoms with E-state index < -0.39 is 47.5 Å². The van der Waals surface area contributed by atoms with Gasteiger partial charge in [0.25, 0.3) is 5.69 Å². The number of esters is 1. The third-order valence-corrected chi connectivity index (χ3v) is 11.2. The lowest BCUT2D eigenvalue weighted by Gasteiger charge is -2.50. The van der Waals surface area contributed by atoms with Gasteiger partial charge in [0, 0.05) is 35.8 Å². The first kappa shape index (κ1) is 38.1. The van der Waals surface area contributed by atoms with E-state index in [2.05, 4.69) is 0 Å². The van der Waals surface area contributed by atoms with Crippen LogP contribution in [0.5, 0.6) is 0 Å². The number of hydrogen-bond acceptors (Lipinski definition) is 10. The average Bonchev–Trinajstić information content (AvgIpc) is 3.07. The number of carbonyl (C=O) groups is 4. The molecule has 0 saturated carbocycles. The minimum absolute atomic E-state index is 0.0768. The second-order valence-electron chi connectivity index (χ2n) is 12.6. The molecule has 0 radical (unpaired) electrons. The zero-order valence-corrected chi connectivity index (χ0v) is 31.2. The van der Waals surface area contributed by atoms with E-state index in [1.807, 2.05) is 33.9 Å². The van der Waals surface area contributed by atoms with Crippen molar-refractivity contribution < 1.29 is 33.3 Å². The third-order valence-electron chi connectivity index (χ3n) is 7.76. The Hall–Kier alpha value is -3.75. The van der Waals surface area contributed by atoms with Crippen LogP contribution in [0.2, 0.25) is 13.1 Å². The Kier molecular flexibility index (Phi) is 13.0. The maximum Gasteiger partial charge on any atom is 0.357 e. The highest BCUT2D eigenvalue weighted by Crippen LogP contribution is 2.48. The van der Waals surface area contributed by atoms with E-state index in [0.717, 1.165) is 4.90 Å². The van der Waals surface area contributed by atoms with Crippen molar-refractivity contribution in [3.05, 3.63) is 122 Å². The molecule has 49 heavy (non-hydrogen) atoms. The van der Waals surface area contributed by atoms with Crippen LogP contribution >= 0.6 is 35.1 Å². The zero-order chi connectivity index (χ0) is 35.9. The van der Waals surface area contributed by atoms with E-state index in [-0.39, 0.29) is 33.6 Å². The molecule has 0 bridgehead atoms. The molecule has 10 nitrogen and oxygen atoms in total. The molecule has 1 heterocycles. The molecule has 4 rings (SSSR count). The van der Waals surface area contributed by atoms with Crippen molar-refractivity contribution in [2.75, 3.05) is 6.61 Å². The third kappa shape index (κ3) is 9.70. The van der Waals surface area contributed by atoms with Crippen molar-refractivity contribution in [3.8, 4) is 0 Å². The Morgan fingerprint density at radius 2 is 1.43 bits per heavy atom. The van der Waals surface area contributed by atoms with Crippen LogP contribution in [-0.2, 0) is 25.4 Å². The highest BCUT2D eigenvalue weighted by atomic mass is 35.5. The van der Waals surface area contributed by atoms with Crippen LogP contribution in [0.1, 0.15) is 47.1 Å². The van der Waals surface area contributed by atoms with Gasteiger partial charge in [-0.15, -0.1) is 0 Å². The molecule has 1 fully saturated rings. The molecule has 0 unspecified atom stereocenters. The number of rotatable bonds is 13. The number of alkyl halides is 1. The fourth-order valence-electron chi connectivity index (χ4n) is 5.03. The van der Waals surface area contributed by atoms with Gasteiger partial charge in [-0.05, 0) is 59.7 Å². The summed E-state index contributed by atoms with van der Waals surface area (Å²) in [6.45, 7) is 10.0. The average molecular weight is 741 g/mol. The summed E-state index contributed by atoms with van der Waals surface area (Å²) in [4.78, 5) is 67.0. The predicted molar refractivity (Wildman–Crippen MR) is 194 cm³/mol. The number of ether oxygens (including phenoxy) is 1. The highest BCUT2D eigenvalue weighted by Gasteiger charge is 2.56. The molecule has 1 saturated heterocycles. The van der Waals surface area contributed by atoms with Crippen LogP contribution < -0.4 is 0 Å². The molecule has 1 amide bonds. The number of carbonyl (C=O) groups excluding carboxylic acids is 4. The number of nitro benzene ring substituents is 1. The van der Waals surface area contributed by atoms with Gasteiger partial charge in [-0.25, -0.2) is 4.79 Å². The molecule has 0 aliphatic carbocycles. The van der Waals surface area contributed by atoms with Gasteiger partial charge < -0.3 is 9.16 Å². The van der Waals surface area contributed by atoms with Crippen LogP contribution in [-0.4, -0.2) is 53.1 Å². The standard InChI is InChI=1S/C35H37ClN2O8S2Si/c1-35(2,3)26(21-46-49(4)5)27-29(36)37(30(27)39)28(31(40)45-20-22-16-18-25(19-17-22)38(43)44)34(47-32(41)23-12-8-6-9-13-23)48-33(42)24-14-10-7-11-15-24/h6-19,26-27,29,49H,20-21H2,1-5H3/t26-,27-,29+/m0/s1. The monoisotopic (exact) mass is 740 g/mol. The fourth-order valence-corrected chi connectivity index (χ4v) is 8.12. The summed E-state index contributed by atoms with van der Waals surface area (Å²) in [6.07, 6.45) is 0. The molecule has 0 spiro atoms. The molecule has 258 valence electrons. The SMILES string of the molecule is C[SiH](C)OC[C@@H]([C@@H]1C(=O)N(C(C(=O)OCc2ccc([N+](=O)[O-])cc2)=C(SC(=O)c2ccccc2)SC(=O)c2ccccc2)[C@H]1Cl)C(C)(C)C. The van der Waals surface area contributed by atoms with E-state index >= 15 is 0 Å². The van der Waals surface area contributed by atoms with Gasteiger partial charge >= 0.3 is 5.97 Å². The maximum absolute atomic E-state index is 14.1. The number of nitrogens with zero attached hydrogens (tertiary/aromatic N) is 2. The summed E-state index contributed by atoms with van der Waals surface area (Å²) in [6, 6.07) is 22.1. The number of thioether (sulfide) groups is 2. The minimum Gasteiger partial charge on any atom is -0.456 e. The van der Waals surface area contributed by atoms with E-state index in [9.17, 15) is 29.3 Å². The van der Waals surface area contributed by atoms with Gasteiger partial charge in [0.05, 0.1) is 15.1 Å². The van der Waals surface area contributed by atoms with Gasteiger partial charge in [-0.3, -0.25) is 29.4 Å². The number of β-lactam (4-membered cyclic amide) rings is 1. The molecular formula is C35H37ClN2O8S2Si. The van der Waals surface area contributed by atoms with Gasteiger partial charge in [0.2, 0.25) is 16.1 Å². The van der Waals surface area contributed by atoms with Crippen LogP contribution in [0.4, 0.5) is 5.69 Å². The van der Waals surface area contributed by atoms with Crippen molar-refractivity contribution in [1.82, 2.24) is 4.90 Å². The van der Waals surface area contributed by atoms with Crippen LogP contribution in [0.25, 0.3) is 0 Å². The second-order valence-corrected chi connectivity index (χ2v) is 17.7. The van der Waals surface area contributed by atoms with E-state index in [4.69, 9.17) is 20.8 Å². The Balaban J connectivity index is 1.78. The van der Waals surface area contributed by atoms with Crippen LogP contribution in [0.15, 0.2) is 94.9 Å². The molecule has 1 aliphatic rings. The van der Waals surface area contributed by atoms with Crippen molar-refractivity contribution >= 4 is 72.0 Å². The number of nitro groups is 1. The second kappa shape index (κ2) is 16.8. The zero-order valence-electron chi connectivity index (χ0n) is 27.7. The highest BCUT2D eigenvalue weighted by molar-refractivity contribution is 8.35. The van der Waals surface area contributed by atoms with Gasteiger partial charge in [0.15, 0.2) is 14.7 Å². The van der Waals surface area contributed by atoms with Gasteiger partial charge in [-0.1, -0.05) is 93.0 Å². The lowest BCUT2D eigenvalue weighted by atomic mass is 9.70. The molecule has 0 aromatic heterocycles. The summed E-state index contributed by atoms with van der Waals surface area (Å²) in [5.41, 5.74) is -0.807. The van der Waals surface area contributed by atoms with Gasteiger partial charge in [0.1, 0.15) is 12.1 Å². The number of benzene rings is 3. The number of halogens is 1. The smallest absolute Gasteiger partial charge is 0.357 e. The molecule has 1 aliphatic heterocycles. The first-order chi connectivity index (χ1) is 23.2. The largest absolute Gasteiger partial charge is 0.456 e. The van der Waals surface area contributed by atoms with Crippen molar-refractivity contribution in [3.63, 3.8) is 0 Å². The van der Waals surface area contributed by atoms with E-state index in [0.29, 0.717) is 46.8 Å². The molecular weight excluding hydrogens is 704 g/mol. The van der Waals surface area contributed by atoms with Crippen molar-refractivity contribution in [1.29, 1.82) is 0 Å². The predicted octanol–water partition coefficient (Wildman–Crippen LogP) is 7.64. The first-order valence-electron chi connectivity index (χ1n) is 15.5. The maximum atomic E-state index is 14.1. The Bertz CT molecular complexity index is 1660. The number of non-ortho nitro benzene ring substituents is 1. The lowest BCUT2D eigenvalue weighted by molar-refractivity contribution is -0.384. The van der Waals surface area contributed by atoms with Crippen molar-refractivity contribution in [2.45, 2.75) is 46.0 Å². The summed E-state index contributed by atoms with van der Waals surface area (Å²) >= 11 is 8.27. The molecule has 3 aromatic rings. The minimum atomic E-state index is -1.45. The van der Waals surface area contributed by atoms with E-state index in [1.54, 1.807) is 60.7 Å². The van der Waals surface area contributed by atoms with Crippen LogP contribution in [0.3, 0.4) is 0 Å². The molecule has 14 heteroatoms. The van der Waals surface area contributed by atoms with Crippen molar-refractivity contribution in [2.24, 2.45) is 17.3 Å². The number of amides is 1. The fraction of sp³-hybridized carbons (Fsp3) is 0.314. The quantitative estimate of drug-likeness (QED) is 0.0252. The summed E-state index contributed by atoms with van der Waals surface area (Å²) in [5.74, 6) is -2.48. The Morgan fingerprint density at radius 3 is 1.86 bits per heavy atom.